The Hall–Kier alpha value is -3.24. The molecule has 0 aliphatic rings. The molecule has 4 heteroatoms. The van der Waals surface area contributed by atoms with Crippen LogP contribution >= 0.6 is 0 Å². The van der Waals surface area contributed by atoms with Crippen LogP contribution in [0.1, 0.15) is 112 Å². The Bertz CT molecular complexity index is 1120. The van der Waals surface area contributed by atoms with Gasteiger partial charge in [0.15, 0.2) is 5.78 Å². The summed E-state index contributed by atoms with van der Waals surface area (Å²) in [5.41, 5.74) is 9.07. The number of aromatic nitrogens is 1. The summed E-state index contributed by atoms with van der Waals surface area (Å²) >= 11 is 0. The Morgan fingerprint density at radius 1 is 0.846 bits per heavy atom. The Labute approximate surface area is 237 Å². The van der Waals surface area contributed by atoms with Crippen molar-refractivity contribution >= 4 is 11.4 Å². The fourth-order valence-electron chi connectivity index (χ4n) is 4.03. The van der Waals surface area contributed by atoms with E-state index in [-0.39, 0.29) is 5.78 Å². The molecule has 0 aliphatic heterocycles. The monoisotopic (exact) mass is 531 g/mol. The molecule has 0 spiro atoms. The third-order valence-electron chi connectivity index (χ3n) is 6.24. The number of carbonyl (C=O) groups excluding carboxylic acids is 1. The highest BCUT2D eigenvalue weighted by Crippen LogP contribution is 2.32. The van der Waals surface area contributed by atoms with Crippen molar-refractivity contribution in [3.63, 3.8) is 0 Å². The van der Waals surface area contributed by atoms with E-state index in [9.17, 15) is 4.79 Å². The van der Waals surface area contributed by atoms with Crippen LogP contribution in [-0.4, -0.2) is 29.6 Å². The molecule has 3 aromatic rings. The molecule has 4 nitrogen and oxygen atoms in total. The van der Waals surface area contributed by atoms with Crippen molar-refractivity contribution in [3.8, 4) is 5.75 Å². The number of Topliss-reactive ketones (excluding diaryl/α,β-unsaturated/α-hetero) is 1. The van der Waals surface area contributed by atoms with Crippen LogP contribution in [-0.2, 0) is 0 Å². The summed E-state index contributed by atoms with van der Waals surface area (Å²) in [6, 6.07) is 19.9. The predicted octanol–water partition coefficient (Wildman–Crippen LogP) is 9.20. The van der Waals surface area contributed by atoms with Crippen LogP contribution in [0.2, 0.25) is 0 Å². The van der Waals surface area contributed by atoms with E-state index >= 15 is 0 Å². The Morgan fingerprint density at radius 2 is 1.36 bits per heavy atom. The van der Waals surface area contributed by atoms with Crippen LogP contribution in [0, 0.1) is 6.92 Å². The Balaban J connectivity index is 0.000000418. The zero-order chi connectivity index (χ0) is 29.2. The highest BCUT2D eigenvalue weighted by Gasteiger charge is 2.12. The van der Waals surface area contributed by atoms with Crippen LogP contribution in [0.25, 0.3) is 5.57 Å². The van der Waals surface area contributed by atoms with Gasteiger partial charge in [-0.3, -0.25) is 9.78 Å². The summed E-state index contributed by atoms with van der Waals surface area (Å²) in [6.07, 6.45) is 8.73. The molecule has 1 aromatic heterocycles. The number of aliphatic hydroxyl groups is 1. The lowest BCUT2D eigenvalue weighted by atomic mass is 9.87. The van der Waals surface area contributed by atoms with Crippen molar-refractivity contribution < 1.29 is 14.6 Å². The molecule has 0 radical (unpaired) electrons. The van der Waals surface area contributed by atoms with Gasteiger partial charge in [-0.1, -0.05) is 107 Å². The molecule has 0 bridgehead atoms. The molecule has 0 unspecified atom stereocenters. The molecular formula is C35H49NO3. The number of hydrogen-bond acceptors (Lipinski definition) is 4. The van der Waals surface area contributed by atoms with E-state index in [2.05, 4.69) is 88.1 Å². The number of aliphatic hydroxyl groups excluding tert-OH is 1. The van der Waals surface area contributed by atoms with Gasteiger partial charge in [0.05, 0.1) is 13.3 Å². The topological polar surface area (TPSA) is 59.4 Å². The highest BCUT2D eigenvalue weighted by molar-refractivity contribution is 5.94. The molecule has 0 fully saturated rings. The minimum atomic E-state index is -0.00333. The normalized spacial score (nSPS) is 10.1. The maximum absolute atomic E-state index is 10.8. The number of hydrogen-bond donors (Lipinski definition) is 1. The third-order valence-corrected chi connectivity index (χ3v) is 6.24. The van der Waals surface area contributed by atoms with E-state index in [1.165, 1.54) is 66.6 Å². The number of pyridine rings is 1. The molecule has 0 aliphatic carbocycles. The number of nitrogens with zero attached hydrogens (tertiary/aromatic N) is 1. The number of ether oxygens (including phenoxy) is 1. The first kappa shape index (κ1) is 33.8. The second-order valence-electron chi connectivity index (χ2n) is 10.0. The van der Waals surface area contributed by atoms with Gasteiger partial charge in [0, 0.05) is 18.4 Å². The van der Waals surface area contributed by atoms with Gasteiger partial charge in [0.2, 0.25) is 0 Å². The van der Waals surface area contributed by atoms with E-state index in [0.29, 0.717) is 23.8 Å². The predicted molar refractivity (Wildman–Crippen MR) is 166 cm³/mol. The van der Waals surface area contributed by atoms with Crippen molar-refractivity contribution in [3.05, 3.63) is 100 Å². The number of methoxy groups -OCH3 is 1. The molecule has 1 N–H and O–H groups in total. The van der Waals surface area contributed by atoms with Crippen molar-refractivity contribution in [2.75, 3.05) is 13.7 Å². The minimum absolute atomic E-state index is 0.00333. The molecule has 0 saturated heterocycles. The third kappa shape index (κ3) is 12.0. The van der Waals surface area contributed by atoms with Gasteiger partial charge in [-0.05, 0) is 67.4 Å². The van der Waals surface area contributed by atoms with E-state index < -0.39 is 0 Å². The zero-order valence-corrected chi connectivity index (χ0v) is 25.4. The van der Waals surface area contributed by atoms with Crippen LogP contribution in [0.15, 0.2) is 72.6 Å². The maximum Gasteiger partial charge on any atom is 0.161 e. The van der Waals surface area contributed by atoms with E-state index in [1.807, 2.05) is 6.92 Å². The number of rotatable bonds is 10. The van der Waals surface area contributed by atoms with Crippen molar-refractivity contribution in [2.45, 2.75) is 86.5 Å². The maximum atomic E-state index is 10.8. The lowest BCUT2D eigenvalue weighted by Gasteiger charge is -2.17. The Morgan fingerprint density at radius 3 is 1.77 bits per heavy atom. The summed E-state index contributed by atoms with van der Waals surface area (Å²) in [7, 11) is 1.54. The summed E-state index contributed by atoms with van der Waals surface area (Å²) in [5, 5.41) is 7.88. The fourth-order valence-corrected chi connectivity index (χ4v) is 4.03. The number of aryl methyl sites for hydroxylation is 1. The van der Waals surface area contributed by atoms with Gasteiger partial charge >= 0.3 is 0 Å². The molecule has 2 aromatic carbocycles. The average Bonchev–Trinajstić information content (AvgIpc) is 2.95. The van der Waals surface area contributed by atoms with E-state index in [0.717, 1.165) is 6.42 Å². The van der Waals surface area contributed by atoms with Gasteiger partial charge < -0.3 is 9.84 Å². The van der Waals surface area contributed by atoms with Gasteiger partial charge in [0.1, 0.15) is 5.75 Å². The molecule has 1 heterocycles. The van der Waals surface area contributed by atoms with Crippen LogP contribution < -0.4 is 4.74 Å². The first-order chi connectivity index (χ1) is 18.7. The van der Waals surface area contributed by atoms with Crippen molar-refractivity contribution in [1.82, 2.24) is 4.98 Å². The fraction of sp³-hybridized carbons (Fsp3) is 0.429. The van der Waals surface area contributed by atoms with Gasteiger partial charge in [-0.25, -0.2) is 0 Å². The van der Waals surface area contributed by atoms with Crippen molar-refractivity contribution in [1.29, 1.82) is 0 Å². The summed E-state index contributed by atoms with van der Waals surface area (Å²) in [6.45, 7) is 15.0. The van der Waals surface area contributed by atoms with Crippen molar-refractivity contribution in [2.24, 2.45) is 0 Å². The van der Waals surface area contributed by atoms with Gasteiger partial charge in [-0.2, -0.15) is 0 Å². The smallest absolute Gasteiger partial charge is 0.161 e. The van der Waals surface area contributed by atoms with Gasteiger partial charge in [-0.15, -0.1) is 0 Å². The molecular weight excluding hydrogens is 482 g/mol. The first-order valence-corrected chi connectivity index (χ1v) is 14.2. The van der Waals surface area contributed by atoms with Gasteiger partial charge in [0.25, 0.3) is 0 Å². The number of benzene rings is 2. The lowest BCUT2D eigenvalue weighted by Crippen LogP contribution is -1.97. The number of carbonyl (C=O) groups is 1. The lowest BCUT2D eigenvalue weighted by molar-refractivity contribution is 0.101. The molecule has 212 valence electrons. The molecule has 0 amide bonds. The SMILES string of the molecule is CCCC(CCC)=C(c1ccc(C)cc1)c1ccc(C(C)C)cc1.CCCO.COc1cncc(C(C)=O)c1. The second-order valence-corrected chi connectivity index (χ2v) is 10.0. The zero-order valence-electron chi connectivity index (χ0n) is 25.4. The standard InChI is InChI=1S/C24H32.C8H9NO2.C3H8O/c1-6-8-21(9-7-2)24(22-12-10-19(5)11-13-22)23-16-14-20(15-17-23)18(3)4;1-6(10)7-3-8(11-2)5-9-4-7;1-2-3-4/h10-18H,6-9H2,1-5H3;3-5H,1-2H3;4H,2-3H2,1H3. The Kier molecular flexibility index (Phi) is 16.4. The van der Waals surface area contributed by atoms with Crippen LogP contribution in [0.3, 0.4) is 0 Å². The average molecular weight is 532 g/mol. The second kappa shape index (κ2) is 18.9. The quantitative estimate of drug-likeness (QED) is 0.265. The molecule has 39 heavy (non-hydrogen) atoms. The largest absolute Gasteiger partial charge is 0.495 e. The number of ketones is 1. The summed E-state index contributed by atoms with van der Waals surface area (Å²) in [4.78, 5) is 14.6. The van der Waals surface area contributed by atoms with E-state index in [1.54, 1.807) is 24.9 Å². The molecule has 3 rings (SSSR count). The minimum Gasteiger partial charge on any atom is -0.495 e. The molecule has 0 saturated carbocycles. The van der Waals surface area contributed by atoms with Crippen LogP contribution in [0.5, 0.6) is 5.75 Å². The molecule has 0 atom stereocenters. The highest BCUT2D eigenvalue weighted by atomic mass is 16.5. The summed E-state index contributed by atoms with van der Waals surface area (Å²) < 4.78 is 4.89. The van der Waals surface area contributed by atoms with E-state index in [4.69, 9.17) is 9.84 Å². The van der Waals surface area contributed by atoms with Crippen LogP contribution in [0.4, 0.5) is 0 Å². The summed E-state index contributed by atoms with van der Waals surface area (Å²) in [5.74, 6) is 1.19. The number of allylic oxidation sites excluding steroid dienone is 1. The first-order valence-electron chi connectivity index (χ1n) is 14.2.